The fourth-order valence-electron chi connectivity index (χ4n) is 3.16. The maximum Gasteiger partial charge on any atom is 0.239 e. The second kappa shape index (κ2) is 9.67. The molecular weight excluding hydrogens is 392 g/mol. The van der Waals surface area contributed by atoms with Crippen molar-refractivity contribution in [2.45, 2.75) is 13.0 Å². The molecule has 1 unspecified atom stereocenters. The van der Waals surface area contributed by atoms with Gasteiger partial charge in [0.05, 0.1) is 12.6 Å². The van der Waals surface area contributed by atoms with E-state index in [1.165, 1.54) is 0 Å². The summed E-state index contributed by atoms with van der Waals surface area (Å²) in [5.41, 5.74) is 0.633. The van der Waals surface area contributed by atoms with E-state index in [1.54, 1.807) is 54.7 Å². The van der Waals surface area contributed by atoms with Crippen LogP contribution in [-0.4, -0.2) is 77.4 Å². The highest BCUT2D eigenvalue weighted by Crippen LogP contribution is 2.15. The molecule has 154 valence electrons. The van der Waals surface area contributed by atoms with Crippen molar-refractivity contribution in [1.82, 2.24) is 19.8 Å². The normalized spacial score (nSPS) is 15.3. The second-order valence-electron chi connectivity index (χ2n) is 7.01. The zero-order valence-electron chi connectivity index (χ0n) is 16.6. The highest BCUT2D eigenvalue weighted by molar-refractivity contribution is 6.30. The SMILES string of the molecule is CC(C(=O)N1CCN(c2ncccn2)CC1)N(C)CC(=O)Nc1cccc(Cl)c1. The summed E-state index contributed by atoms with van der Waals surface area (Å²) in [5.74, 6) is 0.500. The van der Waals surface area contributed by atoms with Gasteiger partial charge in [-0.2, -0.15) is 0 Å². The van der Waals surface area contributed by atoms with Crippen molar-refractivity contribution >= 4 is 35.1 Å². The van der Waals surface area contributed by atoms with Crippen LogP contribution in [0.4, 0.5) is 11.6 Å². The summed E-state index contributed by atoms with van der Waals surface area (Å²) >= 11 is 5.94. The Hall–Kier alpha value is -2.71. The Labute approximate surface area is 175 Å². The van der Waals surface area contributed by atoms with E-state index in [9.17, 15) is 9.59 Å². The van der Waals surface area contributed by atoms with Crippen LogP contribution in [0.5, 0.6) is 0 Å². The van der Waals surface area contributed by atoms with Crippen LogP contribution in [0.25, 0.3) is 0 Å². The Balaban J connectivity index is 1.48. The molecule has 2 aromatic rings. The van der Waals surface area contributed by atoms with Crippen LogP contribution in [0.2, 0.25) is 5.02 Å². The smallest absolute Gasteiger partial charge is 0.239 e. The van der Waals surface area contributed by atoms with Crippen molar-refractivity contribution in [2.75, 3.05) is 50.0 Å². The minimum Gasteiger partial charge on any atom is -0.338 e. The van der Waals surface area contributed by atoms with Gasteiger partial charge in [0, 0.05) is 49.3 Å². The third kappa shape index (κ3) is 5.65. The Morgan fingerprint density at radius 1 is 1.17 bits per heavy atom. The number of piperazine rings is 1. The van der Waals surface area contributed by atoms with Gasteiger partial charge < -0.3 is 15.1 Å². The molecule has 1 N–H and O–H groups in total. The number of carbonyl (C=O) groups excluding carboxylic acids is 2. The Kier molecular flexibility index (Phi) is 7.00. The average molecular weight is 417 g/mol. The third-order valence-electron chi connectivity index (χ3n) is 4.95. The molecule has 1 aliphatic heterocycles. The van der Waals surface area contributed by atoms with E-state index >= 15 is 0 Å². The summed E-state index contributed by atoms with van der Waals surface area (Å²) in [6.07, 6.45) is 3.43. The molecule has 0 radical (unpaired) electrons. The molecule has 1 atom stereocenters. The van der Waals surface area contributed by atoms with Gasteiger partial charge in [-0.25, -0.2) is 9.97 Å². The van der Waals surface area contributed by atoms with Gasteiger partial charge in [-0.05, 0) is 38.2 Å². The van der Waals surface area contributed by atoms with E-state index in [-0.39, 0.29) is 18.4 Å². The van der Waals surface area contributed by atoms with Crippen LogP contribution in [0.15, 0.2) is 42.7 Å². The van der Waals surface area contributed by atoms with Crippen molar-refractivity contribution in [2.24, 2.45) is 0 Å². The van der Waals surface area contributed by atoms with Gasteiger partial charge in [0.1, 0.15) is 0 Å². The van der Waals surface area contributed by atoms with Crippen molar-refractivity contribution in [3.63, 3.8) is 0 Å². The standard InChI is InChI=1S/C20H25ClN6O2/c1-15(25(2)14-18(28)24-17-6-3-5-16(21)13-17)19(29)26-9-11-27(12-10-26)20-22-7-4-8-23-20/h3-8,13,15H,9-12,14H2,1-2H3,(H,24,28). The van der Waals surface area contributed by atoms with Crippen LogP contribution in [0.3, 0.4) is 0 Å². The molecule has 1 aromatic carbocycles. The van der Waals surface area contributed by atoms with Gasteiger partial charge in [-0.3, -0.25) is 14.5 Å². The van der Waals surface area contributed by atoms with Crippen LogP contribution in [0.1, 0.15) is 6.92 Å². The number of nitrogens with zero attached hydrogens (tertiary/aromatic N) is 5. The lowest BCUT2D eigenvalue weighted by Crippen LogP contribution is -2.54. The molecule has 0 aliphatic carbocycles. The number of anilines is 2. The summed E-state index contributed by atoms with van der Waals surface area (Å²) in [7, 11) is 1.77. The summed E-state index contributed by atoms with van der Waals surface area (Å²) in [5, 5.41) is 3.36. The largest absolute Gasteiger partial charge is 0.338 e. The molecule has 29 heavy (non-hydrogen) atoms. The molecule has 0 spiro atoms. The zero-order chi connectivity index (χ0) is 20.8. The van der Waals surface area contributed by atoms with E-state index < -0.39 is 6.04 Å². The molecule has 2 heterocycles. The van der Waals surface area contributed by atoms with Crippen molar-refractivity contribution in [1.29, 1.82) is 0 Å². The molecule has 0 bridgehead atoms. The van der Waals surface area contributed by atoms with Gasteiger partial charge in [0.15, 0.2) is 0 Å². The number of halogens is 1. The molecule has 3 rings (SSSR count). The van der Waals surface area contributed by atoms with Gasteiger partial charge in [-0.1, -0.05) is 17.7 Å². The fraction of sp³-hybridized carbons (Fsp3) is 0.400. The van der Waals surface area contributed by atoms with E-state index in [0.29, 0.717) is 42.8 Å². The third-order valence-corrected chi connectivity index (χ3v) is 5.18. The molecule has 1 saturated heterocycles. The minimum atomic E-state index is -0.403. The number of benzene rings is 1. The quantitative estimate of drug-likeness (QED) is 0.772. The first kappa shape index (κ1) is 21.0. The van der Waals surface area contributed by atoms with Crippen molar-refractivity contribution < 1.29 is 9.59 Å². The predicted octanol–water partition coefficient (Wildman–Crippen LogP) is 1.74. The van der Waals surface area contributed by atoms with Gasteiger partial charge >= 0.3 is 0 Å². The maximum atomic E-state index is 12.9. The second-order valence-corrected chi connectivity index (χ2v) is 7.45. The topological polar surface area (TPSA) is 81.7 Å². The first-order valence-electron chi connectivity index (χ1n) is 9.50. The number of rotatable bonds is 6. The Bertz CT molecular complexity index is 842. The molecule has 1 aromatic heterocycles. The van der Waals surface area contributed by atoms with Gasteiger partial charge in [-0.15, -0.1) is 0 Å². The number of nitrogens with one attached hydrogen (secondary N) is 1. The highest BCUT2D eigenvalue weighted by atomic mass is 35.5. The van der Waals surface area contributed by atoms with E-state index in [4.69, 9.17) is 11.6 Å². The molecule has 8 nitrogen and oxygen atoms in total. The predicted molar refractivity (Wildman–Crippen MR) is 113 cm³/mol. The Morgan fingerprint density at radius 3 is 2.52 bits per heavy atom. The lowest BCUT2D eigenvalue weighted by Gasteiger charge is -2.37. The van der Waals surface area contributed by atoms with E-state index in [0.717, 1.165) is 0 Å². The van der Waals surface area contributed by atoms with Crippen LogP contribution in [0, 0.1) is 0 Å². The number of hydrogen-bond donors (Lipinski definition) is 1. The van der Waals surface area contributed by atoms with Crippen LogP contribution >= 0.6 is 11.6 Å². The Morgan fingerprint density at radius 2 is 1.86 bits per heavy atom. The number of hydrogen-bond acceptors (Lipinski definition) is 6. The highest BCUT2D eigenvalue weighted by Gasteiger charge is 2.28. The number of amides is 2. The van der Waals surface area contributed by atoms with E-state index in [1.807, 2.05) is 11.8 Å². The van der Waals surface area contributed by atoms with E-state index in [2.05, 4.69) is 20.2 Å². The average Bonchev–Trinajstić information content (AvgIpc) is 2.73. The monoisotopic (exact) mass is 416 g/mol. The molecule has 2 amide bonds. The van der Waals surface area contributed by atoms with Gasteiger partial charge in [0.25, 0.3) is 0 Å². The first-order valence-corrected chi connectivity index (χ1v) is 9.88. The van der Waals surface area contributed by atoms with Crippen molar-refractivity contribution in [3.8, 4) is 0 Å². The first-order chi connectivity index (χ1) is 13.9. The maximum absolute atomic E-state index is 12.9. The van der Waals surface area contributed by atoms with Crippen LogP contribution in [-0.2, 0) is 9.59 Å². The molecule has 0 saturated carbocycles. The number of carbonyl (C=O) groups is 2. The molecule has 9 heteroatoms. The van der Waals surface area contributed by atoms with Crippen molar-refractivity contribution in [3.05, 3.63) is 47.7 Å². The minimum absolute atomic E-state index is 0.0108. The number of likely N-dealkylation sites (N-methyl/N-ethyl adjacent to an activating group) is 1. The zero-order valence-corrected chi connectivity index (χ0v) is 17.3. The fourth-order valence-corrected chi connectivity index (χ4v) is 3.35. The lowest BCUT2D eigenvalue weighted by atomic mass is 10.2. The van der Waals surface area contributed by atoms with Crippen LogP contribution < -0.4 is 10.2 Å². The lowest BCUT2D eigenvalue weighted by molar-refractivity contribution is -0.136. The summed E-state index contributed by atoms with van der Waals surface area (Å²) in [6, 6.07) is 8.35. The summed E-state index contributed by atoms with van der Waals surface area (Å²) < 4.78 is 0. The summed E-state index contributed by atoms with van der Waals surface area (Å²) in [4.78, 5) is 39.3. The number of aromatic nitrogens is 2. The molecule has 1 fully saturated rings. The summed E-state index contributed by atoms with van der Waals surface area (Å²) in [6.45, 7) is 4.50. The van der Waals surface area contributed by atoms with Gasteiger partial charge in [0.2, 0.25) is 17.8 Å². The molecular formula is C20H25ClN6O2. The molecule has 1 aliphatic rings.